The van der Waals surface area contributed by atoms with Gasteiger partial charge in [0.15, 0.2) is 0 Å². The van der Waals surface area contributed by atoms with Crippen LogP contribution in [0.5, 0.6) is 0 Å². The van der Waals surface area contributed by atoms with E-state index in [0.29, 0.717) is 5.56 Å². The largest absolute Gasteiger partial charge is 0.313 e. The maximum Gasteiger partial charge on any atom is 0.133 e. The summed E-state index contributed by atoms with van der Waals surface area (Å²) in [6, 6.07) is 2.49. The molecule has 0 aromatic heterocycles. The van der Waals surface area contributed by atoms with E-state index in [2.05, 4.69) is 5.32 Å². The fraction of sp³-hybridized carbons (Fsp3) is 0.500. The minimum Gasteiger partial charge on any atom is -0.313 e. The molecule has 0 saturated carbocycles. The summed E-state index contributed by atoms with van der Waals surface area (Å²) in [7, 11) is 1.71. The smallest absolute Gasteiger partial charge is 0.133 e. The van der Waals surface area contributed by atoms with E-state index in [9.17, 15) is 8.78 Å². The molecule has 0 amide bonds. The maximum absolute atomic E-state index is 13.8. The molecule has 1 aromatic carbocycles. The molecule has 3 heteroatoms. The van der Waals surface area contributed by atoms with E-state index in [1.807, 2.05) is 13.8 Å². The Hall–Kier alpha value is -0.960. The third-order valence-corrected chi connectivity index (χ3v) is 2.61. The molecule has 0 bridgehead atoms. The number of halogens is 2. The number of rotatable bonds is 3. The highest BCUT2D eigenvalue weighted by Crippen LogP contribution is 2.27. The Kier molecular flexibility index (Phi) is 3.80. The lowest BCUT2D eigenvalue weighted by Crippen LogP contribution is -2.24. The summed E-state index contributed by atoms with van der Waals surface area (Å²) in [5.74, 6) is -0.782. The molecule has 0 spiro atoms. The summed E-state index contributed by atoms with van der Waals surface area (Å²) in [5.41, 5.74) is 0.625. The Morgan fingerprint density at radius 1 is 1.20 bits per heavy atom. The molecule has 0 aliphatic heterocycles. The van der Waals surface area contributed by atoms with Gasteiger partial charge in [-0.1, -0.05) is 19.9 Å². The van der Waals surface area contributed by atoms with Crippen LogP contribution in [0.2, 0.25) is 0 Å². The lowest BCUT2D eigenvalue weighted by molar-refractivity contribution is 0.402. The molecule has 1 aromatic rings. The Morgan fingerprint density at radius 2 is 1.80 bits per heavy atom. The highest BCUT2D eigenvalue weighted by atomic mass is 19.1. The first-order chi connectivity index (χ1) is 6.99. The molecular weight excluding hydrogens is 196 g/mol. The number of nitrogens with one attached hydrogen (secondary N) is 1. The summed E-state index contributed by atoms with van der Waals surface area (Å²) >= 11 is 0. The van der Waals surface area contributed by atoms with Crippen molar-refractivity contribution in [2.45, 2.75) is 26.8 Å². The molecule has 0 saturated heterocycles. The van der Waals surface area contributed by atoms with E-state index in [1.54, 1.807) is 14.0 Å². The van der Waals surface area contributed by atoms with Gasteiger partial charge < -0.3 is 5.32 Å². The second kappa shape index (κ2) is 4.71. The SMILES string of the molecule is CNC(c1c(F)ccc(C)c1F)C(C)C. The van der Waals surface area contributed by atoms with Crippen molar-refractivity contribution in [2.24, 2.45) is 5.92 Å². The van der Waals surface area contributed by atoms with Gasteiger partial charge in [0.1, 0.15) is 11.6 Å². The second-order valence-electron chi connectivity index (χ2n) is 4.10. The van der Waals surface area contributed by atoms with E-state index in [1.165, 1.54) is 12.1 Å². The monoisotopic (exact) mass is 213 g/mol. The predicted molar refractivity (Wildman–Crippen MR) is 57.7 cm³/mol. The minimum absolute atomic E-state index is 0.140. The van der Waals surface area contributed by atoms with Crippen molar-refractivity contribution >= 4 is 0 Å². The molecule has 1 N–H and O–H groups in total. The van der Waals surface area contributed by atoms with Gasteiger partial charge >= 0.3 is 0 Å². The molecule has 1 unspecified atom stereocenters. The van der Waals surface area contributed by atoms with Crippen LogP contribution < -0.4 is 5.32 Å². The molecular formula is C12H17F2N. The highest BCUT2D eigenvalue weighted by Gasteiger charge is 2.22. The highest BCUT2D eigenvalue weighted by molar-refractivity contribution is 5.29. The lowest BCUT2D eigenvalue weighted by atomic mass is 9.94. The zero-order valence-electron chi connectivity index (χ0n) is 9.57. The van der Waals surface area contributed by atoms with Crippen molar-refractivity contribution in [2.75, 3.05) is 7.05 Å². The van der Waals surface area contributed by atoms with Crippen molar-refractivity contribution in [3.63, 3.8) is 0 Å². The summed E-state index contributed by atoms with van der Waals surface area (Å²) in [5, 5.41) is 2.95. The van der Waals surface area contributed by atoms with Gasteiger partial charge in [0.25, 0.3) is 0 Å². The average molecular weight is 213 g/mol. The summed E-state index contributed by atoms with van der Waals surface area (Å²) in [4.78, 5) is 0. The molecule has 1 rings (SSSR count). The van der Waals surface area contributed by atoms with Gasteiger partial charge in [-0.3, -0.25) is 0 Å². The van der Waals surface area contributed by atoms with E-state index in [4.69, 9.17) is 0 Å². The molecule has 0 radical (unpaired) electrons. The van der Waals surface area contributed by atoms with Crippen molar-refractivity contribution in [3.8, 4) is 0 Å². The molecule has 0 aliphatic rings. The third-order valence-electron chi connectivity index (χ3n) is 2.61. The second-order valence-corrected chi connectivity index (χ2v) is 4.10. The number of benzene rings is 1. The van der Waals surface area contributed by atoms with Crippen LogP contribution in [-0.2, 0) is 0 Å². The van der Waals surface area contributed by atoms with Crippen LogP contribution in [0.4, 0.5) is 8.78 Å². The summed E-state index contributed by atoms with van der Waals surface area (Å²) in [6.45, 7) is 5.51. The molecule has 1 atom stereocenters. The van der Waals surface area contributed by atoms with Gasteiger partial charge in [-0.05, 0) is 31.5 Å². The van der Waals surface area contributed by atoms with Crippen molar-refractivity contribution in [1.82, 2.24) is 5.32 Å². The predicted octanol–water partition coefficient (Wildman–Crippen LogP) is 3.19. The quantitative estimate of drug-likeness (QED) is 0.813. The van der Waals surface area contributed by atoms with E-state index >= 15 is 0 Å². The standard InChI is InChI=1S/C12H17F2N/c1-7(2)12(15-4)10-9(13)6-5-8(3)11(10)14/h5-7,12,15H,1-4H3. The third kappa shape index (κ3) is 2.34. The molecule has 1 nitrogen and oxygen atoms in total. The Bertz CT molecular complexity index is 348. The molecule has 84 valence electrons. The van der Waals surface area contributed by atoms with Gasteiger partial charge in [-0.15, -0.1) is 0 Å². The Labute approximate surface area is 89.5 Å². The Morgan fingerprint density at radius 3 is 2.27 bits per heavy atom. The zero-order valence-corrected chi connectivity index (χ0v) is 9.57. The zero-order chi connectivity index (χ0) is 11.6. The van der Waals surface area contributed by atoms with Gasteiger partial charge in [0, 0.05) is 11.6 Å². The minimum atomic E-state index is -0.480. The fourth-order valence-corrected chi connectivity index (χ4v) is 1.77. The lowest BCUT2D eigenvalue weighted by Gasteiger charge is -2.22. The number of aryl methyl sites for hydroxylation is 1. The van der Waals surface area contributed by atoms with Crippen LogP contribution in [0.25, 0.3) is 0 Å². The molecule has 0 fully saturated rings. The molecule has 0 aliphatic carbocycles. The van der Waals surface area contributed by atoms with Gasteiger partial charge in [0.05, 0.1) is 0 Å². The topological polar surface area (TPSA) is 12.0 Å². The van der Waals surface area contributed by atoms with Crippen molar-refractivity contribution in [3.05, 3.63) is 34.9 Å². The first-order valence-electron chi connectivity index (χ1n) is 5.10. The van der Waals surface area contributed by atoms with Crippen molar-refractivity contribution in [1.29, 1.82) is 0 Å². The fourth-order valence-electron chi connectivity index (χ4n) is 1.77. The first-order valence-corrected chi connectivity index (χ1v) is 5.10. The van der Waals surface area contributed by atoms with Crippen LogP contribution in [0.1, 0.15) is 31.0 Å². The van der Waals surface area contributed by atoms with Gasteiger partial charge in [-0.25, -0.2) is 8.78 Å². The van der Waals surface area contributed by atoms with Gasteiger partial charge in [0.2, 0.25) is 0 Å². The number of hydrogen-bond acceptors (Lipinski definition) is 1. The van der Waals surface area contributed by atoms with Crippen LogP contribution in [0.15, 0.2) is 12.1 Å². The van der Waals surface area contributed by atoms with Gasteiger partial charge in [-0.2, -0.15) is 0 Å². The molecule has 0 heterocycles. The maximum atomic E-state index is 13.8. The van der Waals surface area contributed by atoms with Crippen molar-refractivity contribution < 1.29 is 8.78 Å². The van der Waals surface area contributed by atoms with E-state index in [-0.39, 0.29) is 17.5 Å². The summed E-state index contributed by atoms with van der Waals surface area (Å²) < 4.78 is 27.3. The first kappa shape index (κ1) is 12.1. The van der Waals surface area contributed by atoms with E-state index < -0.39 is 11.6 Å². The summed E-state index contributed by atoms with van der Waals surface area (Å²) in [6.07, 6.45) is 0. The van der Waals surface area contributed by atoms with Crippen LogP contribution in [0.3, 0.4) is 0 Å². The average Bonchev–Trinajstić information content (AvgIpc) is 2.18. The van der Waals surface area contributed by atoms with Crippen LogP contribution >= 0.6 is 0 Å². The van der Waals surface area contributed by atoms with Crippen LogP contribution in [-0.4, -0.2) is 7.05 Å². The molecule has 15 heavy (non-hydrogen) atoms. The van der Waals surface area contributed by atoms with E-state index in [0.717, 1.165) is 0 Å². The number of hydrogen-bond donors (Lipinski definition) is 1. The Balaban J connectivity index is 3.27. The normalized spacial score (nSPS) is 13.3. The van der Waals surface area contributed by atoms with Crippen LogP contribution in [0, 0.1) is 24.5 Å².